The number of nitrogens with two attached hydrogens (primary N) is 1. The van der Waals surface area contributed by atoms with Gasteiger partial charge in [0.1, 0.15) is 0 Å². The highest BCUT2D eigenvalue weighted by molar-refractivity contribution is 6.21. The monoisotopic (exact) mass is 542 g/mol. The normalized spacial score (nSPS) is 12.3. The smallest absolute Gasteiger partial charge is 0.339 e. The second-order valence-electron chi connectivity index (χ2n) is 9.47. The number of nitrogens with zero attached hydrogens (tertiary/aromatic N) is 2. The third-order valence-electron chi connectivity index (χ3n) is 6.95. The first-order chi connectivity index (χ1) is 19.9. The molecule has 0 aliphatic rings. The van der Waals surface area contributed by atoms with Crippen molar-refractivity contribution in [1.82, 2.24) is 10.3 Å². The molecule has 8 heteroatoms. The Hall–Kier alpha value is -5.39. The van der Waals surface area contributed by atoms with Crippen LogP contribution >= 0.6 is 0 Å². The van der Waals surface area contributed by atoms with E-state index in [9.17, 15) is 14.4 Å². The van der Waals surface area contributed by atoms with Gasteiger partial charge in [-0.1, -0.05) is 54.6 Å². The molecule has 8 nitrogen and oxygen atoms in total. The van der Waals surface area contributed by atoms with Gasteiger partial charge in [0.15, 0.2) is 0 Å². The molecule has 1 heterocycles. The lowest BCUT2D eigenvalue weighted by molar-refractivity contribution is -0.147. The zero-order chi connectivity index (χ0) is 29.0. The molecule has 3 N–H and O–H groups in total. The predicted octanol–water partition coefficient (Wildman–Crippen LogP) is 4.79. The number of Topliss-reactive ketones (excluding diaryl/α,β-unsaturated/α-hetero) is 1. The van der Waals surface area contributed by atoms with Crippen LogP contribution < -0.4 is 11.1 Å². The van der Waals surface area contributed by atoms with E-state index in [0.717, 1.165) is 10.9 Å². The van der Waals surface area contributed by atoms with Gasteiger partial charge in [-0.15, -0.1) is 0 Å². The molecule has 1 aromatic heterocycles. The number of rotatable bonds is 8. The van der Waals surface area contributed by atoms with Crippen LogP contribution in [0.2, 0.25) is 0 Å². The second-order valence-corrected chi connectivity index (χ2v) is 9.47. The lowest BCUT2D eigenvalue weighted by Gasteiger charge is -2.27. The molecule has 0 saturated heterocycles. The van der Waals surface area contributed by atoms with Gasteiger partial charge in [-0.05, 0) is 65.2 Å². The van der Waals surface area contributed by atoms with Crippen LogP contribution in [0.5, 0.6) is 0 Å². The lowest BCUT2D eigenvalue weighted by Crippen LogP contribution is -2.53. The van der Waals surface area contributed by atoms with Crippen LogP contribution in [0.15, 0.2) is 97.2 Å². The highest BCUT2D eigenvalue weighted by Crippen LogP contribution is 2.31. The first kappa shape index (κ1) is 27.2. The van der Waals surface area contributed by atoms with Gasteiger partial charge in [0.25, 0.3) is 5.91 Å². The molecular weight excluding hydrogens is 516 g/mol. The molecule has 5 rings (SSSR count). The van der Waals surface area contributed by atoms with E-state index in [0.29, 0.717) is 27.4 Å². The zero-order valence-corrected chi connectivity index (χ0v) is 22.3. The van der Waals surface area contributed by atoms with Gasteiger partial charge in [0.05, 0.1) is 23.8 Å². The van der Waals surface area contributed by atoms with E-state index in [4.69, 9.17) is 15.7 Å². The lowest BCUT2D eigenvalue weighted by atomic mass is 9.81. The van der Waals surface area contributed by atoms with Crippen molar-refractivity contribution in [3.63, 3.8) is 0 Å². The van der Waals surface area contributed by atoms with E-state index in [1.807, 2.05) is 12.1 Å². The minimum atomic E-state index is -2.15. The van der Waals surface area contributed by atoms with Gasteiger partial charge in [-0.2, -0.15) is 5.26 Å². The molecule has 0 spiro atoms. The van der Waals surface area contributed by atoms with Crippen LogP contribution in [-0.2, 0) is 21.6 Å². The SMILES string of the molecule is CCOC(=O)C(N)(C(=O)c1cccc2cccnc12)c1ccc2c(C(=O)NCc3ccc(C#N)cc3)cccc2c1. The standard InChI is InChI=1S/C33H26N4O4/c1-2-41-32(40)33(35,30(38)28-10-3-6-23-8-5-17-36-29(23)28)25-15-16-26-24(18-25)7-4-9-27(26)31(39)37-20-22-13-11-21(19-34)12-14-22/h3-18H,2,20,35H2,1H3,(H,37,39). The zero-order valence-electron chi connectivity index (χ0n) is 22.3. The number of para-hydroxylation sites is 1. The van der Waals surface area contributed by atoms with Crippen molar-refractivity contribution in [3.8, 4) is 6.07 Å². The molecule has 0 radical (unpaired) electrons. The van der Waals surface area contributed by atoms with E-state index in [2.05, 4.69) is 16.4 Å². The predicted molar refractivity (Wildman–Crippen MR) is 155 cm³/mol. The van der Waals surface area contributed by atoms with E-state index in [-0.39, 0.29) is 30.2 Å². The van der Waals surface area contributed by atoms with Crippen molar-refractivity contribution in [1.29, 1.82) is 5.26 Å². The molecule has 202 valence electrons. The Morgan fingerprint density at radius 2 is 1.63 bits per heavy atom. The van der Waals surface area contributed by atoms with Crippen LogP contribution in [0.1, 0.15) is 44.3 Å². The van der Waals surface area contributed by atoms with Crippen LogP contribution in [0.25, 0.3) is 21.7 Å². The molecule has 0 aliphatic heterocycles. The Balaban J connectivity index is 1.51. The van der Waals surface area contributed by atoms with Crippen LogP contribution in [0.4, 0.5) is 0 Å². The summed E-state index contributed by atoms with van der Waals surface area (Å²) in [6.07, 6.45) is 1.58. The van der Waals surface area contributed by atoms with E-state index >= 15 is 0 Å². The number of carbonyl (C=O) groups excluding carboxylic acids is 3. The first-order valence-electron chi connectivity index (χ1n) is 13.0. The van der Waals surface area contributed by atoms with Crippen molar-refractivity contribution in [3.05, 3.63) is 125 Å². The number of hydrogen-bond donors (Lipinski definition) is 2. The fourth-order valence-corrected chi connectivity index (χ4v) is 4.79. The molecule has 0 fully saturated rings. The Morgan fingerprint density at radius 1 is 0.927 bits per heavy atom. The molecule has 1 atom stereocenters. The van der Waals surface area contributed by atoms with Gasteiger partial charge >= 0.3 is 5.97 Å². The number of nitrogens with one attached hydrogen (secondary N) is 1. The van der Waals surface area contributed by atoms with Crippen molar-refractivity contribution in [2.45, 2.75) is 19.0 Å². The number of esters is 1. The number of hydrogen-bond acceptors (Lipinski definition) is 7. The summed E-state index contributed by atoms with van der Waals surface area (Å²) in [5.41, 5.74) is 7.22. The average molecular weight is 543 g/mol. The number of ketones is 1. The summed E-state index contributed by atoms with van der Waals surface area (Å²) in [5.74, 6) is -1.82. The Bertz CT molecular complexity index is 1840. The quantitative estimate of drug-likeness (QED) is 0.163. The van der Waals surface area contributed by atoms with Gasteiger partial charge < -0.3 is 15.8 Å². The number of carbonyl (C=O) groups is 3. The van der Waals surface area contributed by atoms with Crippen LogP contribution in [0.3, 0.4) is 0 Å². The minimum Gasteiger partial charge on any atom is -0.464 e. The van der Waals surface area contributed by atoms with Crippen molar-refractivity contribution in [2.75, 3.05) is 6.61 Å². The number of nitriles is 1. The number of aromatic nitrogens is 1. The maximum absolute atomic E-state index is 14.0. The topological polar surface area (TPSA) is 135 Å². The van der Waals surface area contributed by atoms with Gasteiger partial charge in [-0.3, -0.25) is 14.6 Å². The maximum Gasteiger partial charge on any atom is 0.339 e. The van der Waals surface area contributed by atoms with Gasteiger partial charge in [0.2, 0.25) is 11.3 Å². The highest BCUT2D eigenvalue weighted by atomic mass is 16.5. The first-order valence-corrected chi connectivity index (χ1v) is 13.0. The minimum absolute atomic E-state index is 0.0377. The Labute approximate surface area is 236 Å². The van der Waals surface area contributed by atoms with Crippen molar-refractivity contribution >= 4 is 39.3 Å². The summed E-state index contributed by atoms with van der Waals surface area (Å²) in [4.78, 5) is 44.8. The highest BCUT2D eigenvalue weighted by Gasteiger charge is 2.46. The number of pyridine rings is 1. The Morgan fingerprint density at radius 3 is 2.37 bits per heavy atom. The summed E-state index contributed by atoms with van der Waals surface area (Å²) in [6.45, 7) is 1.96. The van der Waals surface area contributed by atoms with Gasteiger partial charge in [-0.25, -0.2) is 4.79 Å². The average Bonchev–Trinajstić information content (AvgIpc) is 3.02. The number of ether oxygens (including phenoxy) is 1. The van der Waals surface area contributed by atoms with Gasteiger partial charge in [0, 0.05) is 29.3 Å². The number of fused-ring (bicyclic) bond motifs is 2. The summed E-state index contributed by atoms with van der Waals surface area (Å²) in [6, 6.07) is 27.8. The second kappa shape index (κ2) is 11.4. The van der Waals surface area contributed by atoms with Crippen molar-refractivity contribution < 1.29 is 19.1 Å². The fourth-order valence-electron chi connectivity index (χ4n) is 4.79. The third kappa shape index (κ3) is 5.14. The van der Waals surface area contributed by atoms with E-state index < -0.39 is 17.3 Å². The van der Waals surface area contributed by atoms with E-state index in [1.54, 1.807) is 92.0 Å². The molecule has 5 aromatic rings. The molecule has 4 aromatic carbocycles. The number of amides is 1. The summed E-state index contributed by atoms with van der Waals surface area (Å²) in [5, 5.41) is 13.9. The summed E-state index contributed by atoms with van der Waals surface area (Å²) >= 11 is 0. The van der Waals surface area contributed by atoms with Crippen molar-refractivity contribution in [2.24, 2.45) is 5.73 Å². The molecular formula is C33H26N4O4. The molecule has 1 unspecified atom stereocenters. The largest absolute Gasteiger partial charge is 0.464 e. The molecule has 0 bridgehead atoms. The molecule has 0 aliphatic carbocycles. The van der Waals surface area contributed by atoms with Crippen LogP contribution in [-0.4, -0.2) is 29.3 Å². The Kier molecular flexibility index (Phi) is 7.55. The van der Waals surface area contributed by atoms with E-state index in [1.165, 1.54) is 0 Å². The summed E-state index contributed by atoms with van der Waals surface area (Å²) in [7, 11) is 0. The third-order valence-corrected chi connectivity index (χ3v) is 6.95. The maximum atomic E-state index is 14.0. The molecule has 0 saturated carbocycles. The van der Waals surface area contributed by atoms with Crippen LogP contribution in [0, 0.1) is 11.3 Å². The fraction of sp³-hybridized carbons (Fsp3) is 0.121. The molecule has 1 amide bonds. The summed E-state index contributed by atoms with van der Waals surface area (Å²) < 4.78 is 5.29. The number of benzene rings is 4. The molecule has 41 heavy (non-hydrogen) atoms.